The molecule has 1 aromatic rings. The fourth-order valence-electron chi connectivity index (χ4n) is 2.07. The molecule has 4 heteroatoms. The lowest BCUT2D eigenvalue weighted by atomic mass is 9.83. The Balaban J connectivity index is 2.79. The van der Waals surface area contributed by atoms with E-state index in [0.29, 0.717) is 18.8 Å². The van der Waals surface area contributed by atoms with Crippen LogP contribution in [0.15, 0.2) is 18.3 Å². The van der Waals surface area contributed by atoms with E-state index in [2.05, 4.69) is 25.8 Å². The lowest BCUT2D eigenvalue weighted by Crippen LogP contribution is -2.41. The highest BCUT2D eigenvalue weighted by molar-refractivity contribution is 5.38. The van der Waals surface area contributed by atoms with Crippen molar-refractivity contribution in [2.75, 3.05) is 12.3 Å². The van der Waals surface area contributed by atoms with E-state index in [1.807, 2.05) is 19.1 Å². The minimum absolute atomic E-state index is 0.119. The monoisotopic (exact) mass is 252 g/mol. The zero-order chi connectivity index (χ0) is 13.8. The molecule has 3 N–H and O–H groups in total. The van der Waals surface area contributed by atoms with Crippen molar-refractivity contribution < 1.29 is 9.84 Å². The van der Waals surface area contributed by atoms with Crippen molar-refractivity contribution in [1.29, 1.82) is 0 Å². The van der Waals surface area contributed by atoms with E-state index in [-0.39, 0.29) is 11.5 Å². The van der Waals surface area contributed by atoms with Gasteiger partial charge in [0.05, 0.1) is 12.2 Å². The Morgan fingerprint density at radius 3 is 2.61 bits per heavy atom. The normalized spacial score (nSPS) is 15.4. The second-order valence-electron chi connectivity index (χ2n) is 5.56. The molecule has 4 nitrogen and oxygen atoms in total. The van der Waals surface area contributed by atoms with Crippen molar-refractivity contribution in [2.24, 2.45) is 5.41 Å². The smallest absolute Gasteiger partial charge is 0.126 e. The van der Waals surface area contributed by atoms with Gasteiger partial charge in [-0.15, -0.1) is 0 Å². The molecule has 0 radical (unpaired) electrons. The minimum atomic E-state index is -0.587. The van der Waals surface area contributed by atoms with Gasteiger partial charge in [-0.05, 0) is 24.0 Å². The van der Waals surface area contributed by atoms with Crippen LogP contribution in [0.5, 0.6) is 0 Å². The Bertz CT molecular complexity index is 374. The molecule has 0 spiro atoms. The maximum Gasteiger partial charge on any atom is 0.126 e. The van der Waals surface area contributed by atoms with Gasteiger partial charge < -0.3 is 15.6 Å². The Morgan fingerprint density at radius 1 is 1.44 bits per heavy atom. The molecular formula is C14H24N2O2. The number of hydrogen-bond acceptors (Lipinski definition) is 4. The summed E-state index contributed by atoms with van der Waals surface area (Å²) >= 11 is 0. The summed E-state index contributed by atoms with van der Waals surface area (Å²) in [6.07, 6.45) is 1.30. The molecular weight excluding hydrogens is 228 g/mol. The molecule has 1 rings (SSSR count). The van der Waals surface area contributed by atoms with E-state index in [0.717, 1.165) is 5.56 Å². The van der Waals surface area contributed by atoms with E-state index in [4.69, 9.17) is 10.5 Å². The summed E-state index contributed by atoms with van der Waals surface area (Å²) in [5.41, 5.74) is 6.53. The van der Waals surface area contributed by atoms with Gasteiger partial charge in [0.15, 0.2) is 0 Å². The largest absolute Gasteiger partial charge is 0.390 e. The third-order valence-corrected chi connectivity index (χ3v) is 2.90. The number of rotatable bonds is 5. The van der Waals surface area contributed by atoms with E-state index >= 15 is 0 Å². The number of ether oxygens (including phenoxy) is 1. The fraction of sp³-hybridized carbons (Fsp3) is 0.643. The third kappa shape index (κ3) is 3.96. The van der Waals surface area contributed by atoms with Gasteiger partial charge in [-0.3, -0.25) is 0 Å². The molecule has 1 heterocycles. The van der Waals surface area contributed by atoms with Gasteiger partial charge in [0.2, 0.25) is 0 Å². The van der Waals surface area contributed by atoms with Crippen LogP contribution in [0, 0.1) is 5.41 Å². The highest BCUT2D eigenvalue weighted by Crippen LogP contribution is 2.27. The number of aliphatic hydroxyl groups is 1. The van der Waals surface area contributed by atoms with E-state index in [1.54, 1.807) is 6.20 Å². The number of nitrogen functional groups attached to an aromatic ring is 1. The van der Waals surface area contributed by atoms with Crippen molar-refractivity contribution in [3.8, 4) is 0 Å². The average Bonchev–Trinajstić information content (AvgIpc) is 2.27. The molecule has 0 bridgehead atoms. The van der Waals surface area contributed by atoms with Gasteiger partial charge in [-0.2, -0.15) is 0 Å². The topological polar surface area (TPSA) is 68.4 Å². The lowest BCUT2D eigenvalue weighted by molar-refractivity contribution is -0.0873. The van der Waals surface area contributed by atoms with Gasteiger partial charge >= 0.3 is 0 Å². The van der Waals surface area contributed by atoms with Gasteiger partial charge in [-0.1, -0.05) is 26.8 Å². The summed E-state index contributed by atoms with van der Waals surface area (Å²) in [5.74, 6) is 0.473. The summed E-state index contributed by atoms with van der Waals surface area (Å²) in [5, 5.41) is 10.3. The zero-order valence-electron chi connectivity index (χ0n) is 11.7. The molecule has 0 fully saturated rings. The maximum absolute atomic E-state index is 10.3. The van der Waals surface area contributed by atoms with Crippen LogP contribution < -0.4 is 5.73 Å². The SMILES string of the molecule is CCOC(C(O)Cc1cccnc1N)C(C)(C)C. The van der Waals surface area contributed by atoms with Crippen LogP contribution in [0.2, 0.25) is 0 Å². The first-order chi connectivity index (χ1) is 8.36. The number of aromatic nitrogens is 1. The molecule has 0 saturated carbocycles. The van der Waals surface area contributed by atoms with Crippen LogP contribution in [0.1, 0.15) is 33.3 Å². The number of nitrogens with zero attached hydrogens (tertiary/aromatic N) is 1. The summed E-state index contributed by atoms with van der Waals surface area (Å²) in [6, 6.07) is 3.71. The summed E-state index contributed by atoms with van der Waals surface area (Å²) < 4.78 is 5.67. The molecule has 0 saturated heterocycles. The summed E-state index contributed by atoms with van der Waals surface area (Å²) in [7, 11) is 0. The molecule has 1 aromatic heterocycles. The van der Waals surface area contributed by atoms with Gasteiger partial charge in [-0.25, -0.2) is 4.98 Å². The van der Waals surface area contributed by atoms with Crippen LogP contribution in [-0.4, -0.2) is 28.9 Å². The molecule has 0 amide bonds. The number of aliphatic hydroxyl groups excluding tert-OH is 1. The van der Waals surface area contributed by atoms with Crippen molar-refractivity contribution in [3.63, 3.8) is 0 Å². The Kier molecular flexibility index (Phi) is 5.11. The number of hydrogen-bond donors (Lipinski definition) is 2. The molecule has 102 valence electrons. The second kappa shape index (κ2) is 6.16. The summed E-state index contributed by atoms with van der Waals surface area (Å²) in [6.45, 7) is 8.70. The van der Waals surface area contributed by atoms with Gasteiger partial charge in [0.1, 0.15) is 5.82 Å². The van der Waals surface area contributed by atoms with Gasteiger partial charge in [0, 0.05) is 19.2 Å². The van der Waals surface area contributed by atoms with Crippen LogP contribution >= 0.6 is 0 Å². The first-order valence-corrected chi connectivity index (χ1v) is 6.35. The Morgan fingerprint density at radius 2 is 2.11 bits per heavy atom. The van der Waals surface area contributed by atoms with Crippen molar-refractivity contribution in [1.82, 2.24) is 4.98 Å². The zero-order valence-corrected chi connectivity index (χ0v) is 11.7. The first-order valence-electron chi connectivity index (χ1n) is 6.35. The first kappa shape index (κ1) is 14.9. The molecule has 0 aromatic carbocycles. The van der Waals surface area contributed by atoms with Gasteiger partial charge in [0.25, 0.3) is 0 Å². The molecule has 0 aliphatic carbocycles. The number of anilines is 1. The molecule has 2 unspecified atom stereocenters. The van der Waals surface area contributed by atoms with E-state index < -0.39 is 6.10 Å². The predicted octanol–water partition coefficient (Wildman–Crippen LogP) is 2.02. The van der Waals surface area contributed by atoms with Crippen LogP contribution in [-0.2, 0) is 11.2 Å². The number of nitrogens with two attached hydrogens (primary N) is 1. The van der Waals surface area contributed by atoms with Crippen molar-refractivity contribution in [2.45, 2.75) is 46.3 Å². The van der Waals surface area contributed by atoms with Crippen LogP contribution in [0.3, 0.4) is 0 Å². The molecule has 0 aliphatic rings. The maximum atomic E-state index is 10.3. The highest BCUT2D eigenvalue weighted by Gasteiger charge is 2.32. The van der Waals surface area contributed by atoms with Crippen molar-refractivity contribution in [3.05, 3.63) is 23.9 Å². The third-order valence-electron chi connectivity index (χ3n) is 2.90. The number of pyridine rings is 1. The van der Waals surface area contributed by atoms with Crippen LogP contribution in [0.25, 0.3) is 0 Å². The standard InChI is InChI=1S/C14H24N2O2/c1-5-18-12(14(2,3)4)11(17)9-10-7-6-8-16-13(10)15/h6-8,11-12,17H,5,9H2,1-4H3,(H2,15,16). The minimum Gasteiger partial charge on any atom is -0.390 e. The van der Waals surface area contributed by atoms with E-state index in [9.17, 15) is 5.11 Å². The molecule has 0 aliphatic heterocycles. The molecule has 18 heavy (non-hydrogen) atoms. The highest BCUT2D eigenvalue weighted by atomic mass is 16.5. The summed E-state index contributed by atoms with van der Waals surface area (Å²) in [4.78, 5) is 4.03. The second-order valence-corrected chi connectivity index (χ2v) is 5.56. The average molecular weight is 252 g/mol. The fourth-order valence-corrected chi connectivity index (χ4v) is 2.07. The Labute approximate surface area is 109 Å². The Hall–Kier alpha value is -1.13. The molecule has 2 atom stereocenters. The predicted molar refractivity (Wildman–Crippen MR) is 73.2 cm³/mol. The van der Waals surface area contributed by atoms with Crippen molar-refractivity contribution >= 4 is 5.82 Å². The van der Waals surface area contributed by atoms with E-state index in [1.165, 1.54) is 0 Å². The lowest BCUT2D eigenvalue weighted by Gasteiger charge is -2.34. The van der Waals surface area contributed by atoms with Crippen LogP contribution in [0.4, 0.5) is 5.82 Å². The quantitative estimate of drug-likeness (QED) is 0.841.